The Morgan fingerprint density at radius 3 is 2.34 bits per heavy atom. The Labute approximate surface area is 171 Å². The van der Waals surface area contributed by atoms with Gasteiger partial charge in [-0.15, -0.1) is 0 Å². The van der Waals surface area contributed by atoms with Crippen LogP contribution in [0, 0.1) is 5.92 Å². The Bertz CT molecular complexity index is 1050. The topological polar surface area (TPSA) is 52.6 Å². The van der Waals surface area contributed by atoms with Crippen molar-refractivity contribution in [2.24, 2.45) is 5.92 Å². The molecule has 0 unspecified atom stereocenters. The van der Waals surface area contributed by atoms with Crippen molar-refractivity contribution < 1.29 is 19.1 Å². The van der Waals surface area contributed by atoms with Crippen molar-refractivity contribution in [1.82, 2.24) is 0 Å². The molecule has 0 saturated heterocycles. The molecule has 0 aromatic heterocycles. The van der Waals surface area contributed by atoms with Gasteiger partial charge in [-0.1, -0.05) is 56.8 Å². The number of benzene rings is 3. The van der Waals surface area contributed by atoms with Crippen LogP contribution in [0.1, 0.15) is 32.3 Å². The van der Waals surface area contributed by atoms with Crippen LogP contribution < -0.4 is 4.74 Å². The third-order valence-corrected chi connectivity index (χ3v) is 4.83. The third kappa shape index (κ3) is 5.23. The average molecular weight is 390 g/mol. The van der Waals surface area contributed by atoms with Crippen molar-refractivity contribution in [3.05, 3.63) is 66.7 Å². The van der Waals surface area contributed by atoms with Gasteiger partial charge in [0.1, 0.15) is 5.75 Å². The summed E-state index contributed by atoms with van der Waals surface area (Å²) in [5.41, 5.74) is 1.26. The van der Waals surface area contributed by atoms with Crippen LogP contribution in [0.3, 0.4) is 0 Å². The van der Waals surface area contributed by atoms with Crippen LogP contribution in [0.4, 0.5) is 0 Å². The van der Waals surface area contributed by atoms with Crippen molar-refractivity contribution in [2.75, 3.05) is 6.61 Å². The minimum atomic E-state index is -0.371. The number of esters is 2. The smallest absolute Gasteiger partial charge is 0.330 e. The number of ether oxygens (including phenoxy) is 2. The molecule has 4 nitrogen and oxygen atoms in total. The highest BCUT2D eigenvalue weighted by Gasteiger charge is 2.10. The summed E-state index contributed by atoms with van der Waals surface area (Å²) in [5, 5.41) is 4.53. The fourth-order valence-corrected chi connectivity index (χ4v) is 3.21. The molecule has 0 heterocycles. The minimum Gasteiger partial charge on any atom is -0.463 e. The summed E-state index contributed by atoms with van der Waals surface area (Å²) < 4.78 is 10.4. The average Bonchev–Trinajstić information content (AvgIpc) is 2.72. The monoisotopic (exact) mass is 390 g/mol. The molecule has 0 fully saturated rings. The first-order valence-electron chi connectivity index (χ1n) is 9.94. The number of carbonyl (C=O) groups is 2. The molecule has 0 radical (unpaired) electrons. The van der Waals surface area contributed by atoms with Gasteiger partial charge in [-0.25, -0.2) is 4.79 Å². The molecule has 0 atom stereocenters. The van der Waals surface area contributed by atoms with Gasteiger partial charge in [0, 0.05) is 6.08 Å². The first kappa shape index (κ1) is 20.6. The van der Waals surface area contributed by atoms with Crippen LogP contribution in [0.2, 0.25) is 0 Å². The van der Waals surface area contributed by atoms with Gasteiger partial charge < -0.3 is 9.47 Å². The Morgan fingerprint density at radius 1 is 0.966 bits per heavy atom. The molecule has 3 aromatic carbocycles. The summed E-state index contributed by atoms with van der Waals surface area (Å²) in [7, 11) is 0. The lowest BCUT2D eigenvalue weighted by Crippen LogP contribution is -2.14. The molecule has 0 bridgehead atoms. The quantitative estimate of drug-likeness (QED) is 0.165. The molecule has 0 N–H and O–H groups in total. The van der Waals surface area contributed by atoms with E-state index in [4.69, 9.17) is 9.47 Å². The van der Waals surface area contributed by atoms with Gasteiger partial charge >= 0.3 is 11.9 Å². The lowest BCUT2D eigenvalue weighted by atomic mass is 9.98. The molecular formula is C25H26O4. The molecule has 0 aliphatic heterocycles. The number of unbranched alkanes of at least 4 members (excludes halogenated alkanes) is 1. The fourth-order valence-electron chi connectivity index (χ4n) is 3.21. The zero-order valence-electron chi connectivity index (χ0n) is 16.9. The normalized spacial score (nSPS) is 11.0. The minimum absolute atomic E-state index is 0.158. The van der Waals surface area contributed by atoms with E-state index in [1.165, 1.54) is 22.4 Å². The Kier molecular flexibility index (Phi) is 6.65. The predicted molar refractivity (Wildman–Crippen MR) is 116 cm³/mol. The Balaban J connectivity index is 1.71. The van der Waals surface area contributed by atoms with Crippen molar-refractivity contribution >= 4 is 33.5 Å². The highest BCUT2D eigenvalue weighted by atomic mass is 16.5. The third-order valence-electron chi connectivity index (χ3n) is 4.83. The second-order valence-electron chi connectivity index (χ2n) is 7.41. The molecule has 0 amide bonds. The molecule has 0 aliphatic carbocycles. The second kappa shape index (κ2) is 9.37. The predicted octanol–water partition coefficient (Wildman–Crippen LogP) is 5.61. The second-order valence-corrected chi connectivity index (χ2v) is 7.41. The molecule has 0 spiro atoms. The van der Waals surface area contributed by atoms with E-state index >= 15 is 0 Å². The van der Waals surface area contributed by atoms with E-state index in [0.29, 0.717) is 12.4 Å². The molecule has 4 heteroatoms. The summed E-state index contributed by atoms with van der Waals surface area (Å²) in [6.07, 6.45) is 3.90. The van der Waals surface area contributed by atoms with E-state index in [1.807, 2.05) is 32.0 Å². The van der Waals surface area contributed by atoms with Gasteiger partial charge in [-0.2, -0.15) is 0 Å². The van der Waals surface area contributed by atoms with Crippen molar-refractivity contribution in [3.63, 3.8) is 0 Å². The number of fused-ring (bicyclic) bond motifs is 3. The summed E-state index contributed by atoms with van der Waals surface area (Å²) >= 11 is 0. The Morgan fingerprint density at radius 2 is 1.66 bits per heavy atom. The maximum absolute atomic E-state index is 11.8. The van der Waals surface area contributed by atoms with E-state index in [9.17, 15) is 9.59 Å². The largest absolute Gasteiger partial charge is 0.463 e. The maximum atomic E-state index is 11.8. The van der Waals surface area contributed by atoms with E-state index in [-0.39, 0.29) is 17.9 Å². The molecule has 150 valence electrons. The standard InChI is InChI=1S/C25H26O4/c1-4-24(26)28-14-6-5-7-18-8-12-22-19(15-18)9-10-20-16-21(11-13-23(20)22)29-25(27)17(2)3/h4,8-13,15-17H,1,5-7,14H2,2-3H3. The Hall–Kier alpha value is -3.14. The van der Waals surface area contributed by atoms with Crippen LogP contribution in [0.5, 0.6) is 5.75 Å². The lowest BCUT2D eigenvalue weighted by molar-refractivity contribution is -0.138. The SMILES string of the molecule is C=CC(=O)OCCCCc1ccc2c(ccc3cc(OC(=O)C(C)C)ccc32)c1. The molecule has 0 saturated carbocycles. The summed E-state index contributed by atoms with van der Waals surface area (Å²) in [4.78, 5) is 22.9. The van der Waals surface area contributed by atoms with Gasteiger partial charge in [0.05, 0.1) is 12.5 Å². The zero-order valence-corrected chi connectivity index (χ0v) is 16.9. The van der Waals surface area contributed by atoms with Crippen molar-refractivity contribution in [1.29, 1.82) is 0 Å². The van der Waals surface area contributed by atoms with Crippen LogP contribution in [0.15, 0.2) is 61.2 Å². The fraction of sp³-hybridized carbons (Fsp3) is 0.280. The number of carbonyl (C=O) groups excluding carboxylic acids is 2. The highest BCUT2D eigenvalue weighted by molar-refractivity contribution is 6.08. The van der Waals surface area contributed by atoms with E-state index in [2.05, 4.69) is 36.9 Å². The van der Waals surface area contributed by atoms with Crippen molar-refractivity contribution in [2.45, 2.75) is 33.1 Å². The van der Waals surface area contributed by atoms with Gasteiger partial charge in [0.2, 0.25) is 0 Å². The molecule has 3 aromatic rings. The number of hydrogen-bond acceptors (Lipinski definition) is 4. The number of aryl methyl sites for hydroxylation is 1. The van der Waals surface area contributed by atoms with Gasteiger partial charge in [0.25, 0.3) is 0 Å². The van der Waals surface area contributed by atoms with E-state index in [1.54, 1.807) is 0 Å². The summed E-state index contributed by atoms with van der Waals surface area (Å²) in [6, 6.07) is 16.4. The van der Waals surface area contributed by atoms with Crippen LogP contribution in [-0.2, 0) is 20.7 Å². The first-order valence-corrected chi connectivity index (χ1v) is 9.94. The van der Waals surface area contributed by atoms with Gasteiger partial charge in [-0.05, 0) is 58.5 Å². The van der Waals surface area contributed by atoms with Crippen LogP contribution >= 0.6 is 0 Å². The van der Waals surface area contributed by atoms with Crippen LogP contribution in [-0.4, -0.2) is 18.5 Å². The van der Waals surface area contributed by atoms with E-state index in [0.717, 1.165) is 30.0 Å². The number of rotatable bonds is 8. The summed E-state index contributed by atoms with van der Waals surface area (Å²) in [6.45, 7) is 7.45. The van der Waals surface area contributed by atoms with E-state index < -0.39 is 0 Å². The summed E-state index contributed by atoms with van der Waals surface area (Å²) in [5.74, 6) is -0.183. The first-order chi connectivity index (χ1) is 14.0. The molecule has 0 aliphatic rings. The molecule has 3 rings (SSSR count). The van der Waals surface area contributed by atoms with Crippen LogP contribution in [0.25, 0.3) is 21.5 Å². The zero-order chi connectivity index (χ0) is 20.8. The van der Waals surface area contributed by atoms with Gasteiger partial charge in [0.15, 0.2) is 0 Å². The highest BCUT2D eigenvalue weighted by Crippen LogP contribution is 2.29. The van der Waals surface area contributed by atoms with Gasteiger partial charge in [-0.3, -0.25) is 4.79 Å². The van der Waals surface area contributed by atoms with Crippen molar-refractivity contribution in [3.8, 4) is 5.75 Å². The molecule has 29 heavy (non-hydrogen) atoms. The molecular weight excluding hydrogens is 364 g/mol. The maximum Gasteiger partial charge on any atom is 0.330 e. The lowest BCUT2D eigenvalue weighted by Gasteiger charge is -2.10. The number of hydrogen-bond donors (Lipinski definition) is 0.